The fraction of sp³-hybridized carbons (Fsp3) is 0.400. The topological polar surface area (TPSA) is 83.6 Å². The van der Waals surface area contributed by atoms with Crippen molar-refractivity contribution in [1.29, 1.82) is 0 Å². The van der Waals surface area contributed by atoms with Gasteiger partial charge in [-0.25, -0.2) is 0 Å². The molecule has 2 heterocycles. The Bertz CT molecular complexity index is 537. The van der Waals surface area contributed by atoms with Crippen LogP contribution < -0.4 is 11.1 Å². The van der Waals surface area contributed by atoms with Crippen molar-refractivity contribution in [2.24, 2.45) is 5.73 Å². The van der Waals surface area contributed by atoms with Gasteiger partial charge < -0.3 is 20.9 Å². The minimum atomic E-state index is 0.156. The van der Waals surface area contributed by atoms with E-state index in [1.807, 2.05) is 0 Å². The van der Waals surface area contributed by atoms with Gasteiger partial charge in [-0.2, -0.15) is 0 Å². The van der Waals surface area contributed by atoms with Gasteiger partial charge in [0.05, 0.1) is 18.9 Å². The zero-order valence-electron chi connectivity index (χ0n) is 12.3. The Morgan fingerprint density at radius 1 is 1.57 bits per heavy atom. The van der Waals surface area contributed by atoms with Crippen molar-refractivity contribution in [3.05, 3.63) is 42.0 Å². The molecule has 1 aromatic heterocycles. The van der Waals surface area contributed by atoms with E-state index in [2.05, 4.69) is 21.8 Å². The minimum Gasteiger partial charge on any atom is -0.505 e. The second-order valence-electron chi connectivity index (χ2n) is 4.96. The van der Waals surface area contributed by atoms with Crippen molar-refractivity contribution in [1.82, 2.24) is 15.2 Å². The molecule has 0 amide bonds. The number of nitrogens with two attached hydrogens (primary N) is 1. The summed E-state index contributed by atoms with van der Waals surface area (Å²) in [7, 11) is 0. The summed E-state index contributed by atoms with van der Waals surface area (Å²) in [5.74, 6) is 0.156. The molecule has 1 fully saturated rings. The van der Waals surface area contributed by atoms with Crippen molar-refractivity contribution >= 4 is 5.70 Å². The number of aromatic hydroxyl groups is 1. The first kappa shape index (κ1) is 15.3. The molecule has 0 radical (unpaired) electrons. The van der Waals surface area contributed by atoms with E-state index in [-0.39, 0.29) is 5.75 Å². The van der Waals surface area contributed by atoms with Gasteiger partial charge in [0.15, 0.2) is 0 Å². The van der Waals surface area contributed by atoms with Crippen LogP contribution in [0.4, 0.5) is 0 Å². The third-order valence-corrected chi connectivity index (χ3v) is 3.47. The molecule has 0 aromatic carbocycles. The summed E-state index contributed by atoms with van der Waals surface area (Å²) in [6, 6.07) is 0. The van der Waals surface area contributed by atoms with Crippen LogP contribution in [-0.2, 0) is 11.3 Å². The van der Waals surface area contributed by atoms with E-state index in [0.717, 1.165) is 31.9 Å². The Kier molecular flexibility index (Phi) is 5.19. The molecule has 114 valence electrons. The average molecular weight is 290 g/mol. The smallest absolute Gasteiger partial charge is 0.146 e. The lowest BCUT2D eigenvalue weighted by Gasteiger charge is -2.27. The highest BCUT2D eigenvalue weighted by Crippen LogP contribution is 2.29. The standard InChI is InChI=1S/C15H22N4O2/c1-11(17-4-3-16)14-13(9-18-12(2)15(14)20)10-19-5-7-21-8-6-19/h3-4,9,17,20H,1,5-8,10,16H2,2H3/b4-3-. The van der Waals surface area contributed by atoms with Gasteiger partial charge in [0.1, 0.15) is 5.75 Å². The van der Waals surface area contributed by atoms with Crippen molar-refractivity contribution in [3.8, 4) is 5.75 Å². The van der Waals surface area contributed by atoms with E-state index in [1.54, 1.807) is 19.3 Å². The lowest BCUT2D eigenvalue weighted by molar-refractivity contribution is 0.0341. The summed E-state index contributed by atoms with van der Waals surface area (Å²) < 4.78 is 5.35. The van der Waals surface area contributed by atoms with Crippen LogP contribution in [0, 0.1) is 6.92 Å². The monoisotopic (exact) mass is 290 g/mol. The molecule has 0 atom stereocenters. The molecule has 0 saturated carbocycles. The molecule has 0 aliphatic carbocycles. The third kappa shape index (κ3) is 3.74. The number of hydrogen-bond donors (Lipinski definition) is 3. The summed E-state index contributed by atoms with van der Waals surface area (Å²) in [5, 5.41) is 13.3. The summed E-state index contributed by atoms with van der Waals surface area (Å²) in [4.78, 5) is 6.52. The molecular formula is C15H22N4O2. The highest BCUT2D eigenvalue weighted by atomic mass is 16.5. The Morgan fingerprint density at radius 2 is 2.29 bits per heavy atom. The molecule has 0 unspecified atom stereocenters. The van der Waals surface area contributed by atoms with Crippen LogP contribution in [0.15, 0.2) is 25.2 Å². The number of rotatable bonds is 5. The van der Waals surface area contributed by atoms with Crippen LogP contribution in [0.3, 0.4) is 0 Å². The van der Waals surface area contributed by atoms with Crippen LogP contribution in [0.5, 0.6) is 5.75 Å². The molecule has 6 nitrogen and oxygen atoms in total. The van der Waals surface area contributed by atoms with Gasteiger partial charge in [0.25, 0.3) is 0 Å². The van der Waals surface area contributed by atoms with Gasteiger partial charge in [-0.1, -0.05) is 6.58 Å². The predicted molar refractivity (Wildman–Crippen MR) is 82.2 cm³/mol. The fourth-order valence-electron chi connectivity index (χ4n) is 2.31. The Morgan fingerprint density at radius 3 is 2.95 bits per heavy atom. The van der Waals surface area contributed by atoms with Gasteiger partial charge in [0.2, 0.25) is 0 Å². The average Bonchev–Trinajstić information content (AvgIpc) is 2.50. The number of ether oxygens (including phenoxy) is 1. The number of pyridine rings is 1. The van der Waals surface area contributed by atoms with Crippen LogP contribution in [-0.4, -0.2) is 41.3 Å². The highest BCUT2D eigenvalue weighted by molar-refractivity contribution is 5.71. The SMILES string of the molecule is C=C(N/C=C\N)c1c(CN2CCOCC2)cnc(C)c1O. The van der Waals surface area contributed by atoms with E-state index in [1.165, 1.54) is 6.20 Å². The molecule has 1 aliphatic heterocycles. The summed E-state index contributed by atoms with van der Waals surface area (Å²) in [6.07, 6.45) is 4.76. The maximum absolute atomic E-state index is 10.3. The fourth-order valence-corrected chi connectivity index (χ4v) is 2.31. The minimum absolute atomic E-state index is 0.156. The molecular weight excluding hydrogens is 268 g/mol. The van der Waals surface area contributed by atoms with E-state index in [4.69, 9.17) is 10.5 Å². The van der Waals surface area contributed by atoms with Crippen LogP contribution in [0.25, 0.3) is 5.70 Å². The van der Waals surface area contributed by atoms with Crippen LogP contribution in [0.2, 0.25) is 0 Å². The second kappa shape index (κ2) is 7.10. The maximum Gasteiger partial charge on any atom is 0.146 e. The Labute approximate surface area is 124 Å². The first-order valence-corrected chi connectivity index (χ1v) is 6.93. The maximum atomic E-state index is 10.3. The van der Waals surface area contributed by atoms with E-state index < -0.39 is 0 Å². The van der Waals surface area contributed by atoms with Gasteiger partial charge in [-0.3, -0.25) is 9.88 Å². The number of hydrogen-bond acceptors (Lipinski definition) is 6. The Hall–Kier alpha value is -2.05. The molecule has 6 heteroatoms. The number of aryl methyl sites for hydroxylation is 1. The first-order valence-electron chi connectivity index (χ1n) is 6.93. The normalized spacial score (nSPS) is 16.2. The van der Waals surface area contributed by atoms with Crippen molar-refractivity contribution in [2.45, 2.75) is 13.5 Å². The van der Waals surface area contributed by atoms with Gasteiger partial charge >= 0.3 is 0 Å². The molecule has 0 bridgehead atoms. The summed E-state index contributed by atoms with van der Waals surface area (Å²) in [5.41, 5.74) is 8.13. The van der Waals surface area contributed by atoms with Crippen LogP contribution in [0.1, 0.15) is 16.8 Å². The largest absolute Gasteiger partial charge is 0.505 e. The molecule has 2 rings (SSSR count). The summed E-state index contributed by atoms with van der Waals surface area (Å²) >= 11 is 0. The molecule has 21 heavy (non-hydrogen) atoms. The number of aromatic nitrogens is 1. The predicted octanol–water partition coefficient (Wildman–Crippen LogP) is 0.918. The lowest BCUT2D eigenvalue weighted by atomic mass is 10.0. The van der Waals surface area contributed by atoms with Crippen molar-refractivity contribution < 1.29 is 9.84 Å². The number of nitrogens with zero attached hydrogens (tertiary/aromatic N) is 2. The molecule has 1 aliphatic rings. The molecule has 1 saturated heterocycles. The van der Waals surface area contributed by atoms with Crippen LogP contribution >= 0.6 is 0 Å². The molecule has 1 aromatic rings. The van der Waals surface area contributed by atoms with Gasteiger partial charge in [0, 0.05) is 49.5 Å². The van der Waals surface area contributed by atoms with Gasteiger partial charge in [-0.15, -0.1) is 0 Å². The zero-order valence-corrected chi connectivity index (χ0v) is 12.3. The first-order chi connectivity index (χ1) is 10.1. The van der Waals surface area contributed by atoms with E-state index in [9.17, 15) is 5.11 Å². The van der Waals surface area contributed by atoms with Crippen molar-refractivity contribution in [2.75, 3.05) is 26.3 Å². The van der Waals surface area contributed by atoms with E-state index in [0.29, 0.717) is 23.5 Å². The highest BCUT2D eigenvalue weighted by Gasteiger charge is 2.18. The quantitative estimate of drug-likeness (QED) is 0.748. The lowest BCUT2D eigenvalue weighted by Crippen LogP contribution is -2.36. The van der Waals surface area contributed by atoms with Crippen molar-refractivity contribution in [3.63, 3.8) is 0 Å². The molecule has 4 N–H and O–H groups in total. The summed E-state index contributed by atoms with van der Waals surface area (Å²) in [6.45, 7) is 9.64. The number of nitrogens with one attached hydrogen (secondary N) is 1. The third-order valence-electron chi connectivity index (χ3n) is 3.47. The second-order valence-corrected chi connectivity index (χ2v) is 4.96. The Balaban J connectivity index is 2.26. The van der Waals surface area contributed by atoms with Gasteiger partial charge in [-0.05, 0) is 12.5 Å². The molecule has 0 spiro atoms. The zero-order chi connectivity index (χ0) is 15.2. The van der Waals surface area contributed by atoms with E-state index >= 15 is 0 Å². The number of morpholine rings is 1.